The van der Waals surface area contributed by atoms with E-state index in [2.05, 4.69) is 19.1 Å². The van der Waals surface area contributed by atoms with Crippen LogP contribution in [0, 0.1) is 29.1 Å². The Morgan fingerprint density at radius 2 is 2.07 bits per heavy atom. The highest BCUT2D eigenvalue weighted by Gasteiger charge is 2.75. The molecule has 5 aliphatic rings. The fourth-order valence-electron chi connectivity index (χ4n) is 7.36. The summed E-state index contributed by atoms with van der Waals surface area (Å²) in [6.45, 7) is 4.74. The maximum atomic E-state index is 13.7. The largest absolute Gasteiger partial charge is 0.344 e. The lowest BCUT2D eigenvalue weighted by molar-refractivity contribution is -0.211. The molecular weight excluding hydrogens is 359 g/mol. The third kappa shape index (κ3) is 2.23. The Kier molecular flexibility index (Phi) is 3.90. The molecule has 0 unspecified atom stereocenters. The van der Waals surface area contributed by atoms with Gasteiger partial charge in [-0.05, 0) is 74.9 Å². The molecule has 0 aromatic heterocycles. The van der Waals surface area contributed by atoms with Crippen molar-refractivity contribution in [3.05, 3.63) is 23.8 Å². The molecular formula is C23H29FO4. The fourth-order valence-corrected chi connectivity index (χ4v) is 7.36. The van der Waals surface area contributed by atoms with E-state index >= 15 is 0 Å². The molecule has 7 atom stereocenters. The highest BCUT2D eigenvalue weighted by molar-refractivity contribution is 5.92. The highest BCUT2D eigenvalue weighted by Crippen LogP contribution is 2.68. The van der Waals surface area contributed by atoms with E-state index in [0.717, 1.165) is 25.7 Å². The van der Waals surface area contributed by atoms with Crippen LogP contribution >= 0.6 is 0 Å². The molecule has 0 spiro atoms. The number of halogens is 1. The van der Waals surface area contributed by atoms with Crippen molar-refractivity contribution >= 4 is 11.6 Å². The molecule has 3 fully saturated rings. The number of hydrogen-bond acceptors (Lipinski definition) is 4. The second kappa shape index (κ2) is 5.85. The van der Waals surface area contributed by atoms with Crippen LogP contribution in [0.5, 0.6) is 0 Å². The number of hydrogen-bond donors (Lipinski definition) is 0. The van der Waals surface area contributed by atoms with Crippen molar-refractivity contribution < 1.29 is 23.5 Å². The van der Waals surface area contributed by atoms with Gasteiger partial charge in [0.2, 0.25) is 0 Å². The minimum Gasteiger partial charge on any atom is -0.344 e. The SMILES string of the molecule is CC1(C)O[C@@H]2C[C@H]3[C@@H]4C=CC5=CC(=O)CC[C@@H]5[C@H]4CC[C@]3(C)[C@]2(C(=O)CF)O1. The first-order valence-corrected chi connectivity index (χ1v) is 10.6. The van der Waals surface area contributed by atoms with Crippen molar-refractivity contribution in [1.29, 1.82) is 0 Å². The van der Waals surface area contributed by atoms with Crippen LogP contribution in [0.3, 0.4) is 0 Å². The van der Waals surface area contributed by atoms with Gasteiger partial charge in [-0.15, -0.1) is 0 Å². The Morgan fingerprint density at radius 3 is 2.82 bits per heavy atom. The van der Waals surface area contributed by atoms with Crippen LogP contribution in [0.2, 0.25) is 0 Å². The molecule has 4 aliphatic carbocycles. The summed E-state index contributed by atoms with van der Waals surface area (Å²) in [5.74, 6) is 0.327. The average molecular weight is 388 g/mol. The maximum Gasteiger partial charge on any atom is 0.198 e. The average Bonchev–Trinajstić information content (AvgIpc) is 3.06. The first-order chi connectivity index (χ1) is 13.2. The predicted octanol–water partition coefficient (Wildman–Crippen LogP) is 3.94. The Hall–Kier alpha value is -1.33. The molecule has 0 bridgehead atoms. The zero-order valence-corrected chi connectivity index (χ0v) is 16.9. The number of alkyl halides is 1. The Bertz CT molecular complexity index is 798. The zero-order chi connectivity index (χ0) is 19.9. The number of Topliss-reactive ketones (excluding diaryl/α,β-unsaturated/α-hetero) is 1. The summed E-state index contributed by atoms with van der Waals surface area (Å²) in [4.78, 5) is 24.8. The summed E-state index contributed by atoms with van der Waals surface area (Å²) in [5, 5.41) is 0. The van der Waals surface area contributed by atoms with Crippen LogP contribution in [-0.4, -0.2) is 35.7 Å². The molecule has 1 aliphatic heterocycles. The Morgan fingerprint density at radius 1 is 1.29 bits per heavy atom. The minimum absolute atomic E-state index is 0.221. The van der Waals surface area contributed by atoms with Crippen LogP contribution in [0.15, 0.2) is 23.8 Å². The maximum absolute atomic E-state index is 13.7. The van der Waals surface area contributed by atoms with E-state index in [1.165, 1.54) is 5.57 Å². The molecule has 0 amide bonds. The summed E-state index contributed by atoms with van der Waals surface area (Å²) < 4.78 is 26.2. The molecule has 0 radical (unpaired) electrons. The van der Waals surface area contributed by atoms with Crippen LogP contribution in [0.4, 0.5) is 4.39 Å². The van der Waals surface area contributed by atoms with Gasteiger partial charge in [0.15, 0.2) is 29.6 Å². The first kappa shape index (κ1) is 18.7. The van der Waals surface area contributed by atoms with Crippen LogP contribution < -0.4 is 0 Å². The van der Waals surface area contributed by atoms with Gasteiger partial charge in [-0.1, -0.05) is 19.1 Å². The predicted molar refractivity (Wildman–Crippen MR) is 101 cm³/mol. The molecule has 0 aromatic rings. The van der Waals surface area contributed by atoms with Crippen LogP contribution in [-0.2, 0) is 19.1 Å². The van der Waals surface area contributed by atoms with Crippen molar-refractivity contribution in [2.45, 2.75) is 70.4 Å². The molecule has 0 aromatic carbocycles. The molecule has 4 nitrogen and oxygen atoms in total. The Labute approximate surface area is 165 Å². The third-order valence-corrected chi connectivity index (χ3v) is 8.40. The van der Waals surface area contributed by atoms with Crippen molar-refractivity contribution in [1.82, 2.24) is 0 Å². The Balaban J connectivity index is 1.56. The first-order valence-electron chi connectivity index (χ1n) is 10.6. The zero-order valence-electron chi connectivity index (χ0n) is 16.9. The number of carbonyl (C=O) groups excluding carboxylic acids is 2. The molecule has 1 saturated heterocycles. The fraction of sp³-hybridized carbons (Fsp3) is 0.739. The lowest BCUT2D eigenvalue weighted by atomic mass is 9.51. The number of ketones is 2. The highest BCUT2D eigenvalue weighted by atomic mass is 19.1. The summed E-state index contributed by atoms with van der Waals surface area (Å²) in [7, 11) is 0. The van der Waals surface area contributed by atoms with Gasteiger partial charge in [-0.25, -0.2) is 4.39 Å². The van der Waals surface area contributed by atoms with Crippen LogP contribution in [0.1, 0.15) is 52.9 Å². The van der Waals surface area contributed by atoms with Gasteiger partial charge in [0.25, 0.3) is 0 Å². The van der Waals surface area contributed by atoms with E-state index in [4.69, 9.17) is 9.47 Å². The monoisotopic (exact) mass is 388 g/mol. The van der Waals surface area contributed by atoms with Gasteiger partial charge < -0.3 is 9.47 Å². The van der Waals surface area contributed by atoms with E-state index in [0.29, 0.717) is 24.2 Å². The van der Waals surface area contributed by atoms with Gasteiger partial charge in [0.05, 0.1) is 6.10 Å². The molecule has 152 valence electrons. The van der Waals surface area contributed by atoms with Crippen molar-refractivity contribution in [2.75, 3.05) is 6.67 Å². The summed E-state index contributed by atoms with van der Waals surface area (Å²) in [6, 6.07) is 0. The van der Waals surface area contributed by atoms with Crippen LogP contribution in [0.25, 0.3) is 0 Å². The van der Waals surface area contributed by atoms with E-state index < -0.39 is 35.4 Å². The van der Waals surface area contributed by atoms with E-state index in [1.807, 2.05) is 19.9 Å². The van der Waals surface area contributed by atoms with E-state index in [-0.39, 0.29) is 11.7 Å². The molecule has 5 heteroatoms. The molecule has 0 N–H and O–H groups in total. The molecule has 2 saturated carbocycles. The van der Waals surface area contributed by atoms with Gasteiger partial charge in [-0.3, -0.25) is 9.59 Å². The normalized spacial score (nSPS) is 48.4. The smallest absolute Gasteiger partial charge is 0.198 e. The van der Waals surface area contributed by atoms with Gasteiger partial charge in [-0.2, -0.15) is 0 Å². The van der Waals surface area contributed by atoms with Crippen molar-refractivity contribution in [2.24, 2.45) is 29.1 Å². The lowest BCUT2D eigenvalue weighted by Gasteiger charge is -2.54. The second-order valence-electron chi connectivity index (χ2n) is 10.1. The van der Waals surface area contributed by atoms with E-state index in [1.54, 1.807) is 0 Å². The van der Waals surface area contributed by atoms with Gasteiger partial charge >= 0.3 is 0 Å². The summed E-state index contributed by atoms with van der Waals surface area (Å²) >= 11 is 0. The lowest BCUT2D eigenvalue weighted by Crippen LogP contribution is -2.59. The summed E-state index contributed by atoms with van der Waals surface area (Å²) in [6.07, 6.45) is 9.85. The van der Waals surface area contributed by atoms with Crippen molar-refractivity contribution in [3.63, 3.8) is 0 Å². The number of carbonyl (C=O) groups is 2. The van der Waals surface area contributed by atoms with Gasteiger partial charge in [0, 0.05) is 11.8 Å². The number of rotatable bonds is 2. The minimum atomic E-state index is -1.19. The second-order valence-corrected chi connectivity index (χ2v) is 10.1. The molecule has 5 rings (SSSR count). The van der Waals surface area contributed by atoms with E-state index in [9.17, 15) is 14.0 Å². The van der Waals surface area contributed by atoms with Crippen molar-refractivity contribution in [3.8, 4) is 0 Å². The van der Waals surface area contributed by atoms with Gasteiger partial charge in [0.1, 0.15) is 0 Å². The number of ether oxygens (including phenoxy) is 2. The standard InChI is InChI=1S/C23H29FO4/c1-21(2)27-20-11-18-17-6-4-13-10-14(25)5-7-15(13)16(17)8-9-22(18,3)23(20,28-21)19(26)12-24/h4,6,10,15-18,20H,5,7-9,11-12H2,1-3H3/t15-,16+,17+,18-,20+,22-,23+/m0/s1. The third-order valence-electron chi connectivity index (χ3n) is 8.40. The number of allylic oxidation sites excluding steroid dienone is 4. The quantitative estimate of drug-likeness (QED) is 0.719. The molecule has 28 heavy (non-hydrogen) atoms. The molecule has 1 heterocycles. The number of fused-ring (bicyclic) bond motifs is 7. The topological polar surface area (TPSA) is 52.6 Å². The summed E-state index contributed by atoms with van der Waals surface area (Å²) in [5.41, 5.74) is -0.457.